The Labute approximate surface area is 189 Å². The number of hydrogen-bond acceptors (Lipinski definition) is 6. The van der Waals surface area contributed by atoms with Crippen LogP contribution in [-0.2, 0) is 17.6 Å². The van der Waals surface area contributed by atoms with Crippen LogP contribution in [0.1, 0.15) is 21.6 Å². The van der Waals surface area contributed by atoms with E-state index in [0.717, 1.165) is 5.56 Å². The van der Waals surface area contributed by atoms with Crippen molar-refractivity contribution in [1.82, 2.24) is 10.3 Å². The summed E-state index contributed by atoms with van der Waals surface area (Å²) in [6.07, 6.45) is 0.857. The number of halogens is 1. The maximum atomic E-state index is 12.5. The number of nitrogens with one attached hydrogen (secondary N) is 2. The molecule has 1 aromatic heterocycles. The van der Waals surface area contributed by atoms with E-state index in [2.05, 4.69) is 15.6 Å². The topological polar surface area (TPSA) is 89.5 Å². The summed E-state index contributed by atoms with van der Waals surface area (Å²) in [4.78, 5) is 29.0. The fraction of sp³-hybridized carbons (Fsp3) is 0.227. The number of carbonyl (C=O) groups excluding carboxylic acids is 2. The number of thiazole rings is 1. The van der Waals surface area contributed by atoms with Gasteiger partial charge in [0.2, 0.25) is 5.91 Å². The van der Waals surface area contributed by atoms with Gasteiger partial charge in [0.1, 0.15) is 0 Å². The molecule has 0 unspecified atom stereocenters. The molecule has 2 amide bonds. The molecule has 3 aromatic rings. The monoisotopic (exact) mass is 459 g/mol. The number of anilines is 1. The van der Waals surface area contributed by atoms with Crippen LogP contribution in [0.3, 0.4) is 0 Å². The van der Waals surface area contributed by atoms with Crippen molar-refractivity contribution < 1.29 is 19.1 Å². The number of rotatable bonds is 9. The Morgan fingerprint density at radius 2 is 1.81 bits per heavy atom. The van der Waals surface area contributed by atoms with Crippen molar-refractivity contribution >= 4 is 39.9 Å². The minimum Gasteiger partial charge on any atom is -0.493 e. The molecule has 0 aliphatic heterocycles. The number of nitrogens with zero attached hydrogens (tertiary/aromatic N) is 1. The smallest absolute Gasteiger partial charge is 0.257 e. The summed E-state index contributed by atoms with van der Waals surface area (Å²) >= 11 is 7.13. The third-order valence-electron chi connectivity index (χ3n) is 4.41. The number of amides is 2. The molecule has 31 heavy (non-hydrogen) atoms. The number of carbonyl (C=O) groups is 2. The van der Waals surface area contributed by atoms with Gasteiger partial charge in [0, 0.05) is 22.5 Å². The zero-order chi connectivity index (χ0) is 22.2. The van der Waals surface area contributed by atoms with Crippen LogP contribution in [0, 0.1) is 0 Å². The van der Waals surface area contributed by atoms with E-state index in [9.17, 15) is 9.59 Å². The van der Waals surface area contributed by atoms with Gasteiger partial charge in [-0.2, -0.15) is 0 Å². The molecule has 0 spiro atoms. The van der Waals surface area contributed by atoms with E-state index in [-0.39, 0.29) is 18.2 Å². The van der Waals surface area contributed by atoms with Gasteiger partial charge in [-0.15, -0.1) is 11.3 Å². The molecule has 1 heterocycles. The van der Waals surface area contributed by atoms with Gasteiger partial charge < -0.3 is 14.8 Å². The molecule has 0 aliphatic rings. The van der Waals surface area contributed by atoms with Crippen molar-refractivity contribution in [1.29, 1.82) is 0 Å². The van der Waals surface area contributed by atoms with E-state index in [1.165, 1.54) is 25.6 Å². The van der Waals surface area contributed by atoms with Crippen LogP contribution in [0.5, 0.6) is 11.5 Å². The van der Waals surface area contributed by atoms with Gasteiger partial charge >= 0.3 is 0 Å². The molecular weight excluding hydrogens is 438 g/mol. The zero-order valence-electron chi connectivity index (χ0n) is 17.1. The average molecular weight is 460 g/mol. The molecular formula is C22H22ClN3O4S. The van der Waals surface area contributed by atoms with E-state index < -0.39 is 0 Å². The third kappa shape index (κ3) is 6.44. The van der Waals surface area contributed by atoms with Crippen molar-refractivity contribution in [2.45, 2.75) is 12.8 Å². The second-order valence-electron chi connectivity index (χ2n) is 6.57. The highest BCUT2D eigenvalue weighted by molar-refractivity contribution is 7.14. The molecule has 7 nitrogen and oxygen atoms in total. The summed E-state index contributed by atoms with van der Waals surface area (Å²) in [5, 5.41) is 8.47. The van der Waals surface area contributed by atoms with Crippen molar-refractivity contribution in [3.63, 3.8) is 0 Å². The summed E-state index contributed by atoms with van der Waals surface area (Å²) in [6.45, 7) is 0.521. The van der Waals surface area contributed by atoms with E-state index in [1.54, 1.807) is 23.6 Å². The lowest BCUT2D eigenvalue weighted by molar-refractivity contribution is -0.120. The molecule has 162 valence electrons. The first kappa shape index (κ1) is 22.6. The Morgan fingerprint density at radius 3 is 2.52 bits per heavy atom. The summed E-state index contributed by atoms with van der Waals surface area (Å²) in [6, 6.07) is 12.4. The Balaban J connectivity index is 1.49. The van der Waals surface area contributed by atoms with Crippen molar-refractivity contribution in [3.05, 3.63) is 69.7 Å². The first-order chi connectivity index (χ1) is 15.0. The van der Waals surface area contributed by atoms with Crippen LogP contribution in [-0.4, -0.2) is 37.6 Å². The predicted octanol–water partition coefficient (Wildman–Crippen LogP) is 3.97. The van der Waals surface area contributed by atoms with Gasteiger partial charge in [-0.3, -0.25) is 14.9 Å². The molecule has 0 radical (unpaired) electrons. The van der Waals surface area contributed by atoms with E-state index >= 15 is 0 Å². The van der Waals surface area contributed by atoms with E-state index in [1.807, 2.05) is 24.3 Å². The first-order valence-electron chi connectivity index (χ1n) is 9.47. The average Bonchev–Trinajstić information content (AvgIpc) is 3.21. The number of hydrogen-bond donors (Lipinski definition) is 2. The van der Waals surface area contributed by atoms with Gasteiger partial charge in [-0.05, 0) is 42.3 Å². The Bertz CT molecular complexity index is 1050. The summed E-state index contributed by atoms with van der Waals surface area (Å²) < 4.78 is 10.4. The van der Waals surface area contributed by atoms with Crippen LogP contribution in [0.15, 0.2) is 47.8 Å². The summed E-state index contributed by atoms with van der Waals surface area (Å²) in [7, 11) is 3.04. The number of methoxy groups -OCH3 is 2. The lowest BCUT2D eigenvalue weighted by Gasteiger charge is -2.09. The predicted molar refractivity (Wildman–Crippen MR) is 121 cm³/mol. The minimum absolute atomic E-state index is 0.128. The van der Waals surface area contributed by atoms with Gasteiger partial charge in [0.25, 0.3) is 5.91 Å². The maximum Gasteiger partial charge on any atom is 0.257 e. The molecule has 0 aliphatic carbocycles. The first-order valence-corrected chi connectivity index (χ1v) is 10.7. The maximum absolute atomic E-state index is 12.5. The molecule has 9 heteroatoms. The summed E-state index contributed by atoms with van der Waals surface area (Å²) in [5.74, 6) is 0.550. The van der Waals surface area contributed by atoms with Crippen molar-refractivity contribution in [2.75, 3.05) is 26.1 Å². The quantitative estimate of drug-likeness (QED) is 0.505. The van der Waals surface area contributed by atoms with Gasteiger partial charge in [0.15, 0.2) is 16.6 Å². The molecule has 3 rings (SSSR count). The number of benzene rings is 2. The van der Waals surface area contributed by atoms with E-state index in [4.69, 9.17) is 21.1 Å². The molecule has 2 aromatic carbocycles. The second-order valence-corrected chi connectivity index (χ2v) is 7.87. The van der Waals surface area contributed by atoms with Gasteiger partial charge in [-0.1, -0.05) is 23.7 Å². The molecule has 0 bridgehead atoms. The van der Waals surface area contributed by atoms with E-state index in [0.29, 0.717) is 45.9 Å². The molecule has 0 atom stereocenters. The fourth-order valence-corrected chi connectivity index (χ4v) is 3.65. The van der Waals surface area contributed by atoms with Crippen LogP contribution < -0.4 is 20.1 Å². The number of aromatic nitrogens is 1. The largest absolute Gasteiger partial charge is 0.493 e. The molecule has 0 saturated heterocycles. The molecule has 0 fully saturated rings. The highest BCUT2D eigenvalue weighted by atomic mass is 35.5. The molecule has 0 saturated carbocycles. The van der Waals surface area contributed by atoms with Crippen LogP contribution in [0.4, 0.5) is 5.13 Å². The second kappa shape index (κ2) is 10.8. The standard InChI is InChI=1S/C22H22ClN3O4S/c1-29-18-8-5-15(11-19(18)30-2)21(28)26-22-25-17(13-31-22)12-20(27)24-10-9-14-3-6-16(23)7-4-14/h3-8,11,13H,9-10,12H2,1-2H3,(H,24,27)(H,25,26,28). The third-order valence-corrected chi connectivity index (χ3v) is 5.47. The number of ether oxygens (including phenoxy) is 2. The fourth-order valence-electron chi connectivity index (χ4n) is 2.82. The van der Waals surface area contributed by atoms with Gasteiger partial charge in [0.05, 0.1) is 26.3 Å². The zero-order valence-corrected chi connectivity index (χ0v) is 18.7. The van der Waals surface area contributed by atoms with Gasteiger partial charge in [-0.25, -0.2) is 4.98 Å². The SMILES string of the molecule is COc1ccc(C(=O)Nc2nc(CC(=O)NCCc3ccc(Cl)cc3)cs2)cc1OC. The van der Waals surface area contributed by atoms with Crippen LogP contribution in [0.2, 0.25) is 5.02 Å². The summed E-state index contributed by atoms with van der Waals surface area (Å²) in [5.41, 5.74) is 2.10. The Morgan fingerprint density at radius 1 is 1.06 bits per heavy atom. The Kier molecular flexibility index (Phi) is 7.86. The molecule has 2 N–H and O–H groups in total. The Hall–Kier alpha value is -3.10. The van der Waals surface area contributed by atoms with Crippen LogP contribution in [0.25, 0.3) is 0 Å². The highest BCUT2D eigenvalue weighted by Crippen LogP contribution is 2.28. The van der Waals surface area contributed by atoms with Crippen molar-refractivity contribution in [3.8, 4) is 11.5 Å². The van der Waals surface area contributed by atoms with Crippen molar-refractivity contribution in [2.24, 2.45) is 0 Å². The lowest BCUT2D eigenvalue weighted by Crippen LogP contribution is -2.27. The lowest BCUT2D eigenvalue weighted by atomic mass is 10.1. The van der Waals surface area contributed by atoms with Crippen LogP contribution >= 0.6 is 22.9 Å². The normalized spacial score (nSPS) is 10.4. The minimum atomic E-state index is -0.325. The highest BCUT2D eigenvalue weighted by Gasteiger charge is 2.14.